The summed E-state index contributed by atoms with van der Waals surface area (Å²) in [6.07, 6.45) is 1.63. The highest BCUT2D eigenvalue weighted by molar-refractivity contribution is 5.75. The molecule has 1 fully saturated rings. The first-order valence-corrected chi connectivity index (χ1v) is 6.91. The molecule has 2 rings (SSSR count). The lowest BCUT2D eigenvalue weighted by atomic mass is 10.2. The van der Waals surface area contributed by atoms with Gasteiger partial charge in [0, 0.05) is 38.3 Å². The van der Waals surface area contributed by atoms with E-state index in [1.807, 2.05) is 24.0 Å². The Morgan fingerprint density at radius 3 is 2.53 bits per heavy atom. The Bertz CT molecular complexity index is 417. The Morgan fingerprint density at radius 2 is 1.89 bits per heavy atom. The van der Waals surface area contributed by atoms with Gasteiger partial charge in [-0.1, -0.05) is 6.92 Å². The zero-order valence-electron chi connectivity index (χ0n) is 11.8. The number of rotatable bonds is 3. The van der Waals surface area contributed by atoms with Gasteiger partial charge < -0.3 is 14.5 Å². The topological polar surface area (TPSA) is 32.8 Å². The van der Waals surface area contributed by atoms with Crippen molar-refractivity contribution in [3.05, 3.63) is 24.3 Å². The molecule has 4 nitrogen and oxygen atoms in total. The van der Waals surface area contributed by atoms with E-state index in [1.54, 1.807) is 7.11 Å². The van der Waals surface area contributed by atoms with Crippen molar-refractivity contribution in [2.45, 2.75) is 19.8 Å². The predicted octanol–water partition coefficient (Wildman–Crippen LogP) is 2.14. The molecular weight excluding hydrogens is 240 g/mol. The average Bonchev–Trinajstić information content (AvgIpc) is 2.72. The molecule has 19 heavy (non-hydrogen) atoms. The fraction of sp³-hybridized carbons (Fsp3) is 0.533. The molecule has 0 aromatic heterocycles. The molecule has 0 aliphatic carbocycles. The Balaban J connectivity index is 2.00. The van der Waals surface area contributed by atoms with Crippen LogP contribution in [0.4, 0.5) is 5.69 Å². The molecule has 0 radical (unpaired) electrons. The van der Waals surface area contributed by atoms with Gasteiger partial charge >= 0.3 is 0 Å². The van der Waals surface area contributed by atoms with Crippen molar-refractivity contribution in [2.24, 2.45) is 0 Å². The average molecular weight is 262 g/mol. The van der Waals surface area contributed by atoms with Gasteiger partial charge in [-0.25, -0.2) is 0 Å². The molecule has 1 amide bonds. The number of anilines is 1. The van der Waals surface area contributed by atoms with E-state index in [-0.39, 0.29) is 5.91 Å². The molecule has 0 unspecified atom stereocenters. The Labute approximate surface area is 115 Å². The van der Waals surface area contributed by atoms with E-state index in [4.69, 9.17) is 4.74 Å². The van der Waals surface area contributed by atoms with Crippen molar-refractivity contribution >= 4 is 11.6 Å². The summed E-state index contributed by atoms with van der Waals surface area (Å²) in [4.78, 5) is 16.0. The van der Waals surface area contributed by atoms with Gasteiger partial charge in [-0.15, -0.1) is 0 Å². The quantitative estimate of drug-likeness (QED) is 0.836. The number of ether oxygens (including phenoxy) is 1. The van der Waals surface area contributed by atoms with Crippen LogP contribution in [0, 0.1) is 0 Å². The lowest BCUT2D eigenvalue weighted by molar-refractivity contribution is -0.130. The number of hydrogen-bond acceptors (Lipinski definition) is 3. The van der Waals surface area contributed by atoms with Crippen LogP contribution in [-0.2, 0) is 4.79 Å². The molecule has 1 saturated heterocycles. The minimum atomic E-state index is 0.261. The number of carbonyl (C=O) groups excluding carboxylic acids is 1. The zero-order chi connectivity index (χ0) is 13.7. The SMILES string of the molecule is CCC(=O)N1CCCN(c2ccc(OC)cc2)CC1. The van der Waals surface area contributed by atoms with Crippen LogP contribution in [0.15, 0.2) is 24.3 Å². The first-order valence-electron chi connectivity index (χ1n) is 6.91. The summed E-state index contributed by atoms with van der Waals surface area (Å²) in [7, 11) is 1.68. The van der Waals surface area contributed by atoms with Crippen molar-refractivity contribution in [1.29, 1.82) is 0 Å². The third-order valence-corrected chi connectivity index (χ3v) is 3.59. The molecule has 1 aliphatic rings. The summed E-state index contributed by atoms with van der Waals surface area (Å²) in [5, 5.41) is 0. The van der Waals surface area contributed by atoms with E-state index in [9.17, 15) is 4.79 Å². The van der Waals surface area contributed by atoms with Crippen LogP contribution in [0.25, 0.3) is 0 Å². The first-order chi connectivity index (χ1) is 9.24. The minimum absolute atomic E-state index is 0.261. The van der Waals surface area contributed by atoms with Crippen LogP contribution in [0.3, 0.4) is 0 Å². The van der Waals surface area contributed by atoms with E-state index < -0.39 is 0 Å². The maximum atomic E-state index is 11.7. The number of benzene rings is 1. The van der Waals surface area contributed by atoms with Gasteiger partial charge in [-0.3, -0.25) is 4.79 Å². The summed E-state index contributed by atoms with van der Waals surface area (Å²) in [5.41, 5.74) is 1.20. The van der Waals surface area contributed by atoms with E-state index in [0.717, 1.165) is 38.3 Å². The monoisotopic (exact) mass is 262 g/mol. The molecule has 0 spiro atoms. The molecule has 0 N–H and O–H groups in total. The second-order valence-electron chi connectivity index (χ2n) is 4.77. The maximum Gasteiger partial charge on any atom is 0.222 e. The molecule has 1 heterocycles. The molecule has 0 saturated carbocycles. The van der Waals surface area contributed by atoms with Gasteiger partial charge in [0.2, 0.25) is 5.91 Å². The fourth-order valence-electron chi connectivity index (χ4n) is 2.44. The van der Waals surface area contributed by atoms with E-state index in [1.165, 1.54) is 5.69 Å². The zero-order valence-corrected chi connectivity index (χ0v) is 11.8. The molecule has 104 valence electrons. The Kier molecular flexibility index (Phi) is 4.66. The van der Waals surface area contributed by atoms with Crippen LogP contribution in [0.2, 0.25) is 0 Å². The van der Waals surface area contributed by atoms with Crippen molar-refractivity contribution in [3.8, 4) is 5.75 Å². The fourth-order valence-corrected chi connectivity index (χ4v) is 2.44. The van der Waals surface area contributed by atoms with E-state index in [2.05, 4.69) is 17.0 Å². The van der Waals surface area contributed by atoms with Gasteiger partial charge in [0.1, 0.15) is 5.75 Å². The van der Waals surface area contributed by atoms with Gasteiger partial charge in [-0.2, -0.15) is 0 Å². The third-order valence-electron chi connectivity index (χ3n) is 3.59. The summed E-state index contributed by atoms with van der Waals surface area (Å²) < 4.78 is 5.17. The number of carbonyl (C=O) groups is 1. The first kappa shape index (κ1) is 13.7. The normalized spacial score (nSPS) is 16.1. The molecule has 0 atom stereocenters. The second kappa shape index (κ2) is 6.45. The molecule has 1 aromatic rings. The molecule has 0 bridgehead atoms. The van der Waals surface area contributed by atoms with Crippen molar-refractivity contribution in [2.75, 3.05) is 38.2 Å². The highest BCUT2D eigenvalue weighted by Gasteiger charge is 2.17. The van der Waals surface area contributed by atoms with E-state index in [0.29, 0.717) is 6.42 Å². The van der Waals surface area contributed by atoms with Crippen molar-refractivity contribution < 1.29 is 9.53 Å². The van der Waals surface area contributed by atoms with Crippen LogP contribution in [-0.4, -0.2) is 44.1 Å². The van der Waals surface area contributed by atoms with Crippen molar-refractivity contribution in [1.82, 2.24) is 4.90 Å². The smallest absolute Gasteiger partial charge is 0.222 e. The standard InChI is InChI=1S/C15H22N2O2/c1-3-15(18)17-10-4-9-16(11-12-17)13-5-7-14(19-2)8-6-13/h5-8H,3-4,9-12H2,1-2H3. The van der Waals surface area contributed by atoms with Crippen LogP contribution in [0.1, 0.15) is 19.8 Å². The number of methoxy groups -OCH3 is 1. The van der Waals surface area contributed by atoms with Gasteiger partial charge in [0.05, 0.1) is 7.11 Å². The Hall–Kier alpha value is -1.71. The highest BCUT2D eigenvalue weighted by Crippen LogP contribution is 2.20. The van der Waals surface area contributed by atoms with Gasteiger partial charge in [0.15, 0.2) is 0 Å². The largest absolute Gasteiger partial charge is 0.497 e. The summed E-state index contributed by atoms with van der Waals surface area (Å²) in [6.45, 7) is 5.52. The van der Waals surface area contributed by atoms with Gasteiger partial charge in [0.25, 0.3) is 0 Å². The highest BCUT2D eigenvalue weighted by atomic mass is 16.5. The maximum absolute atomic E-state index is 11.7. The van der Waals surface area contributed by atoms with Crippen LogP contribution >= 0.6 is 0 Å². The third kappa shape index (κ3) is 3.40. The predicted molar refractivity (Wildman–Crippen MR) is 76.7 cm³/mol. The van der Waals surface area contributed by atoms with Gasteiger partial charge in [-0.05, 0) is 30.7 Å². The van der Waals surface area contributed by atoms with Crippen molar-refractivity contribution in [3.63, 3.8) is 0 Å². The summed E-state index contributed by atoms with van der Waals surface area (Å²) in [6, 6.07) is 8.12. The molecule has 1 aromatic carbocycles. The summed E-state index contributed by atoms with van der Waals surface area (Å²) >= 11 is 0. The number of nitrogens with zero attached hydrogens (tertiary/aromatic N) is 2. The summed E-state index contributed by atoms with van der Waals surface area (Å²) in [5.74, 6) is 1.14. The van der Waals surface area contributed by atoms with Crippen LogP contribution < -0.4 is 9.64 Å². The lowest BCUT2D eigenvalue weighted by Crippen LogP contribution is -2.34. The molecule has 4 heteroatoms. The molecule has 1 aliphatic heterocycles. The molecular formula is C15H22N2O2. The van der Waals surface area contributed by atoms with E-state index >= 15 is 0 Å². The number of hydrogen-bond donors (Lipinski definition) is 0. The minimum Gasteiger partial charge on any atom is -0.497 e. The second-order valence-corrected chi connectivity index (χ2v) is 4.77. The number of amides is 1. The van der Waals surface area contributed by atoms with Crippen LogP contribution in [0.5, 0.6) is 5.75 Å². The Morgan fingerprint density at radius 1 is 1.16 bits per heavy atom. The lowest BCUT2D eigenvalue weighted by Gasteiger charge is -2.23.